The lowest BCUT2D eigenvalue weighted by atomic mass is 10.1. The van der Waals surface area contributed by atoms with Gasteiger partial charge in [0, 0.05) is 4.88 Å². The second kappa shape index (κ2) is 5.99. The molecule has 0 spiro atoms. The van der Waals surface area contributed by atoms with Gasteiger partial charge in [-0.2, -0.15) is 5.10 Å². The minimum Gasteiger partial charge on any atom is -0.507 e. The van der Waals surface area contributed by atoms with Crippen molar-refractivity contribution >= 4 is 34.2 Å². The summed E-state index contributed by atoms with van der Waals surface area (Å²) in [4.78, 5) is 13.1. The van der Waals surface area contributed by atoms with Crippen LogP contribution in [-0.4, -0.2) is 17.2 Å². The van der Waals surface area contributed by atoms with Gasteiger partial charge < -0.3 is 5.11 Å². The van der Waals surface area contributed by atoms with Crippen molar-refractivity contribution in [2.24, 2.45) is 5.10 Å². The molecule has 0 saturated heterocycles. The number of benzene rings is 2. The SMILES string of the molecule is Cc1ccsc1/C=N/NC(=O)c1cc2ccccc2cc1O. The molecule has 0 radical (unpaired) electrons. The van der Waals surface area contributed by atoms with Crippen LogP contribution >= 0.6 is 11.3 Å². The molecule has 3 aromatic rings. The maximum Gasteiger partial charge on any atom is 0.275 e. The Morgan fingerprint density at radius 2 is 1.95 bits per heavy atom. The Kier molecular flexibility index (Phi) is 3.89. The van der Waals surface area contributed by atoms with E-state index < -0.39 is 5.91 Å². The number of nitrogens with one attached hydrogen (secondary N) is 1. The summed E-state index contributed by atoms with van der Waals surface area (Å²) in [6, 6.07) is 12.8. The Balaban J connectivity index is 1.81. The number of amides is 1. The van der Waals surface area contributed by atoms with E-state index >= 15 is 0 Å². The average Bonchev–Trinajstić information content (AvgIpc) is 2.92. The van der Waals surface area contributed by atoms with Crippen molar-refractivity contribution in [3.8, 4) is 5.75 Å². The molecular formula is C17H14N2O2S. The first-order chi connectivity index (χ1) is 10.6. The fourth-order valence-corrected chi connectivity index (χ4v) is 2.92. The molecular weight excluding hydrogens is 296 g/mol. The number of hydrogen-bond donors (Lipinski definition) is 2. The molecule has 1 amide bonds. The monoisotopic (exact) mass is 310 g/mol. The number of fused-ring (bicyclic) bond motifs is 1. The lowest BCUT2D eigenvalue weighted by Gasteiger charge is -2.05. The highest BCUT2D eigenvalue weighted by Crippen LogP contribution is 2.24. The summed E-state index contributed by atoms with van der Waals surface area (Å²) in [5.74, 6) is -0.493. The molecule has 22 heavy (non-hydrogen) atoms. The molecule has 0 fully saturated rings. The lowest BCUT2D eigenvalue weighted by molar-refractivity contribution is 0.0952. The van der Waals surface area contributed by atoms with E-state index in [4.69, 9.17) is 0 Å². The number of hydrazone groups is 1. The Hall–Kier alpha value is -2.66. The molecule has 4 nitrogen and oxygen atoms in total. The topological polar surface area (TPSA) is 61.7 Å². The highest BCUT2D eigenvalue weighted by molar-refractivity contribution is 7.11. The first-order valence-electron chi connectivity index (χ1n) is 6.74. The Labute approximate surface area is 131 Å². The summed E-state index contributed by atoms with van der Waals surface area (Å²) in [7, 11) is 0. The molecule has 0 atom stereocenters. The number of thiophene rings is 1. The first kappa shape index (κ1) is 14.3. The van der Waals surface area contributed by atoms with E-state index in [-0.39, 0.29) is 11.3 Å². The van der Waals surface area contributed by atoms with Crippen molar-refractivity contribution < 1.29 is 9.90 Å². The number of aryl methyl sites for hydroxylation is 1. The van der Waals surface area contributed by atoms with Crippen LogP contribution in [0.1, 0.15) is 20.8 Å². The highest BCUT2D eigenvalue weighted by atomic mass is 32.1. The predicted octanol–water partition coefficient (Wildman–Crippen LogP) is 3.68. The van der Waals surface area contributed by atoms with Crippen LogP contribution in [0.15, 0.2) is 52.9 Å². The summed E-state index contributed by atoms with van der Waals surface area (Å²) in [6.07, 6.45) is 1.61. The molecule has 3 rings (SSSR count). The normalized spacial score (nSPS) is 11.1. The molecule has 0 aliphatic heterocycles. The van der Waals surface area contributed by atoms with Gasteiger partial charge in [0.15, 0.2) is 0 Å². The molecule has 2 N–H and O–H groups in total. The van der Waals surface area contributed by atoms with Crippen LogP contribution < -0.4 is 5.43 Å². The molecule has 5 heteroatoms. The Morgan fingerprint density at radius 1 is 1.23 bits per heavy atom. The maximum atomic E-state index is 12.1. The van der Waals surface area contributed by atoms with E-state index in [1.165, 1.54) is 0 Å². The van der Waals surface area contributed by atoms with Gasteiger partial charge in [-0.05, 0) is 46.8 Å². The smallest absolute Gasteiger partial charge is 0.275 e. The van der Waals surface area contributed by atoms with Gasteiger partial charge in [0.2, 0.25) is 0 Å². The number of carbonyl (C=O) groups is 1. The summed E-state index contributed by atoms with van der Waals surface area (Å²) < 4.78 is 0. The van der Waals surface area contributed by atoms with Crippen molar-refractivity contribution in [1.29, 1.82) is 0 Å². The van der Waals surface area contributed by atoms with E-state index in [9.17, 15) is 9.90 Å². The summed E-state index contributed by atoms with van der Waals surface area (Å²) in [5, 5.41) is 17.7. The van der Waals surface area contributed by atoms with E-state index in [1.54, 1.807) is 29.7 Å². The number of rotatable bonds is 3. The van der Waals surface area contributed by atoms with E-state index in [0.717, 1.165) is 21.2 Å². The van der Waals surface area contributed by atoms with E-state index in [0.29, 0.717) is 0 Å². The van der Waals surface area contributed by atoms with Gasteiger partial charge in [-0.3, -0.25) is 4.79 Å². The number of phenolic OH excluding ortho intramolecular Hbond substituents is 1. The standard InChI is InChI=1S/C17H14N2O2S/c1-11-6-7-22-16(11)10-18-19-17(21)14-8-12-4-2-3-5-13(12)9-15(14)20/h2-10,20H,1H3,(H,19,21)/b18-10+. The zero-order valence-electron chi connectivity index (χ0n) is 11.9. The van der Waals surface area contributed by atoms with Crippen LogP contribution in [0.3, 0.4) is 0 Å². The molecule has 0 bridgehead atoms. The van der Waals surface area contributed by atoms with Crippen LogP contribution in [0.5, 0.6) is 5.75 Å². The number of aromatic hydroxyl groups is 1. The minimum atomic E-state index is -0.436. The number of phenols is 1. The second-order valence-electron chi connectivity index (χ2n) is 4.88. The predicted molar refractivity (Wildman–Crippen MR) is 89.7 cm³/mol. The van der Waals surface area contributed by atoms with Crippen molar-refractivity contribution in [3.05, 3.63) is 63.8 Å². The lowest BCUT2D eigenvalue weighted by Crippen LogP contribution is -2.17. The van der Waals surface area contributed by atoms with Gasteiger partial charge in [-0.15, -0.1) is 11.3 Å². The van der Waals surface area contributed by atoms with Crippen LogP contribution in [0.25, 0.3) is 10.8 Å². The third-order valence-electron chi connectivity index (χ3n) is 3.36. The number of carbonyl (C=O) groups excluding carboxylic acids is 1. The summed E-state index contributed by atoms with van der Waals surface area (Å²) in [5.41, 5.74) is 3.76. The maximum absolute atomic E-state index is 12.1. The largest absolute Gasteiger partial charge is 0.507 e. The van der Waals surface area contributed by atoms with Gasteiger partial charge >= 0.3 is 0 Å². The van der Waals surface area contributed by atoms with Crippen LogP contribution in [-0.2, 0) is 0 Å². The molecule has 0 aliphatic carbocycles. The van der Waals surface area contributed by atoms with Gasteiger partial charge in [0.25, 0.3) is 5.91 Å². The molecule has 0 saturated carbocycles. The summed E-state index contributed by atoms with van der Waals surface area (Å²) in [6.45, 7) is 1.98. The van der Waals surface area contributed by atoms with Crippen molar-refractivity contribution in [1.82, 2.24) is 5.43 Å². The minimum absolute atomic E-state index is 0.0568. The van der Waals surface area contributed by atoms with Gasteiger partial charge in [0.1, 0.15) is 5.75 Å². The first-order valence-corrected chi connectivity index (χ1v) is 7.62. The average molecular weight is 310 g/mol. The molecule has 1 heterocycles. The third kappa shape index (κ3) is 2.84. The fraction of sp³-hybridized carbons (Fsp3) is 0.0588. The van der Waals surface area contributed by atoms with Crippen molar-refractivity contribution in [2.75, 3.05) is 0 Å². The molecule has 2 aromatic carbocycles. The van der Waals surface area contributed by atoms with Gasteiger partial charge in [-0.25, -0.2) is 5.43 Å². The number of nitrogens with zero attached hydrogens (tertiary/aromatic N) is 1. The highest BCUT2D eigenvalue weighted by Gasteiger charge is 2.11. The molecule has 0 aliphatic rings. The molecule has 1 aromatic heterocycles. The Bertz CT molecular complexity index is 868. The molecule has 0 unspecified atom stereocenters. The zero-order chi connectivity index (χ0) is 15.5. The van der Waals surface area contributed by atoms with Gasteiger partial charge in [0.05, 0.1) is 11.8 Å². The van der Waals surface area contributed by atoms with Crippen LogP contribution in [0.2, 0.25) is 0 Å². The summed E-state index contributed by atoms with van der Waals surface area (Å²) >= 11 is 1.55. The van der Waals surface area contributed by atoms with Gasteiger partial charge in [-0.1, -0.05) is 24.3 Å². The number of hydrogen-bond acceptors (Lipinski definition) is 4. The fourth-order valence-electron chi connectivity index (χ4n) is 2.14. The second-order valence-corrected chi connectivity index (χ2v) is 5.83. The van der Waals surface area contributed by atoms with Crippen LogP contribution in [0.4, 0.5) is 0 Å². The zero-order valence-corrected chi connectivity index (χ0v) is 12.7. The quantitative estimate of drug-likeness (QED) is 0.572. The Morgan fingerprint density at radius 3 is 2.64 bits per heavy atom. The van der Waals surface area contributed by atoms with Crippen molar-refractivity contribution in [2.45, 2.75) is 6.92 Å². The third-order valence-corrected chi connectivity index (χ3v) is 4.31. The molecule has 110 valence electrons. The van der Waals surface area contributed by atoms with Crippen LogP contribution in [0, 0.1) is 6.92 Å². The van der Waals surface area contributed by atoms with E-state index in [1.807, 2.05) is 42.6 Å². The van der Waals surface area contributed by atoms with Crippen molar-refractivity contribution in [3.63, 3.8) is 0 Å². The van der Waals surface area contributed by atoms with E-state index in [2.05, 4.69) is 10.5 Å².